The summed E-state index contributed by atoms with van der Waals surface area (Å²) in [4.78, 5) is 0. The predicted molar refractivity (Wildman–Crippen MR) is 79.1 cm³/mol. The Hall–Kier alpha value is -1.96. The van der Waals surface area contributed by atoms with Crippen LogP contribution in [0, 0.1) is 13.8 Å². The molecule has 0 aliphatic carbocycles. The molecule has 0 saturated heterocycles. The number of ether oxygens (including phenoxy) is 1. The number of aryl methyl sites for hydroxylation is 2. The SMILES string of the molecule is Cc1cccc(C)c1NCC1COc2ccccc21. The number of hydrogen-bond donors (Lipinski definition) is 1. The molecule has 2 aromatic carbocycles. The first-order chi connectivity index (χ1) is 9.25. The molecule has 1 atom stereocenters. The van der Waals surface area contributed by atoms with Gasteiger partial charge in [-0.1, -0.05) is 36.4 Å². The molecule has 1 N–H and O–H groups in total. The average molecular weight is 253 g/mol. The molecule has 0 radical (unpaired) electrons. The average Bonchev–Trinajstić information content (AvgIpc) is 2.82. The zero-order valence-corrected chi connectivity index (χ0v) is 11.4. The van der Waals surface area contributed by atoms with Crippen molar-refractivity contribution in [1.29, 1.82) is 0 Å². The summed E-state index contributed by atoms with van der Waals surface area (Å²) >= 11 is 0. The Morgan fingerprint density at radius 2 is 1.79 bits per heavy atom. The van der Waals surface area contributed by atoms with Crippen LogP contribution in [0.1, 0.15) is 22.6 Å². The van der Waals surface area contributed by atoms with Gasteiger partial charge in [-0.15, -0.1) is 0 Å². The van der Waals surface area contributed by atoms with Gasteiger partial charge >= 0.3 is 0 Å². The van der Waals surface area contributed by atoms with Gasteiger partial charge in [-0.3, -0.25) is 0 Å². The van der Waals surface area contributed by atoms with E-state index in [1.54, 1.807) is 0 Å². The number of para-hydroxylation sites is 2. The van der Waals surface area contributed by atoms with Gasteiger partial charge in [-0.25, -0.2) is 0 Å². The fraction of sp³-hybridized carbons (Fsp3) is 0.294. The highest BCUT2D eigenvalue weighted by atomic mass is 16.5. The van der Waals surface area contributed by atoms with E-state index in [0.717, 1.165) is 18.9 Å². The molecule has 1 aliphatic heterocycles. The van der Waals surface area contributed by atoms with Crippen LogP contribution in [0.4, 0.5) is 5.69 Å². The number of hydrogen-bond acceptors (Lipinski definition) is 2. The van der Waals surface area contributed by atoms with E-state index in [0.29, 0.717) is 5.92 Å². The van der Waals surface area contributed by atoms with Gasteiger partial charge in [-0.05, 0) is 31.0 Å². The third-order valence-corrected chi connectivity index (χ3v) is 3.81. The fourth-order valence-electron chi connectivity index (χ4n) is 2.72. The van der Waals surface area contributed by atoms with Crippen molar-refractivity contribution in [3.63, 3.8) is 0 Å². The van der Waals surface area contributed by atoms with Gasteiger partial charge in [-0.2, -0.15) is 0 Å². The van der Waals surface area contributed by atoms with Gasteiger partial charge in [0.2, 0.25) is 0 Å². The molecular weight excluding hydrogens is 234 g/mol. The maximum absolute atomic E-state index is 5.72. The maximum Gasteiger partial charge on any atom is 0.122 e. The fourth-order valence-corrected chi connectivity index (χ4v) is 2.72. The molecule has 98 valence electrons. The third kappa shape index (κ3) is 2.30. The molecule has 0 aromatic heterocycles. The first kappa shape index (κ1) is 12.1. The summed E-state index contributed by atoms with van der Waals surface area (Å²) in [6, 6.07) is 14.7. The minimum atomic E-state index is 0.440. The van der Waals surface area contributed by atoms with Gasteiger partial charge < -0.3 is 10.1 Å². The molecule has 2 heteroatoms. The van der Waals surface area contributed by atoms with Crippen molar-refractivity contribution in [1.82, 2.24) is 0 Å². The molecule has 1 unspecified atom stereocenters. The van der Waals surface area contributed by atoms with Crippen LogP contribution in [0.15, 0.2) is 42.5 Å². The molecule has 1 heterocycles. The molecule has 0 spiro atoms. The summed E-state index contributed by atoms with van der Waals surface area (Å²) in [5, 5.41) is 3.58. The van der Waals surface area contributed by atoms with Crippen LogP contribution < -0.4 is 10.1 Å². The minimum absolute atomic E-state index is 0.440. The number of nitrogens with one attached hydrogen (secondary N) is 1. The van der Waals surface area contributed by atoms with Crippen LogP contribution in [0.25, 0.3) is 0 Å². The monoisotopic (exact) mass is 253 g/mol. The lowest BCUT2D eigenvalue weighted by Crippen LogP contribution is -2.15. The highest BCUT2D eigenvalue weighted by Crippen LogP contribution is 2.33. The first-order valence-electron chi connectivity index (χ1n) is 6.77. The minimum Gasteiger partial charge on any atom is -0.493 e. The summed E-state index contributed by atoms with van der Waals surface area (Å²) in [7, 11) is 0. The number of anilines is 1. The largest absolute Gasteiger partial charge is 0.493 e. The Bertz CT molecular complexity index is 571. The standard InChI is InChI=1S/C17H19NO/c1-12-6-5-7-13(2)17(12)18-10-14-11-19-16-9-4-3-8-15(14)16/h3-9,14,18H,10-11H2,1-2H3. The molecule has 1 aliphatic rings. The Kier molecular flexibility index (Phi) is 3.16. The second kappa shape index (κ2) is 4.96. The van der Waals surface area contributed by atoms with Crippen LogP contribution >= 0.6 is 0 Å². The second-order valence-corrected chi connectivity index (χ2v) is 5.19. The van der Waals surface area contributed by atoms with Crippen LogP contribution in [-0.4, -0.2) is 13.2 Å². The van der Waals surface area contributed by atoms with Crippen molar-refractivity contribution in [2.45, 2.75) is 19.8 Å². The van der Waals surface area contributed by atoms with E-state index in [1.165, 1.54) is 22.4 Å². The van der Waals surface area contributed by atoms with Gasteiger partial charge in [0.15, 0.2) is 0 Å². The van der Waals surface area contributed by atoms with Crippen LogP contribution in [0.3, 0.4) is 0 Å². The molecule has 2 nitrogen and oxygen atoms in total. The number of benzene rings is 2. The topological polar surface area (TPSA) is 21.3 Å². The van der Waals surface area contributed by atoms with E-state index in [9.17, 15) is 0 Å². The van der Waals surface area contributed by atoms with E-state index >= 15 is 0 Å². The van der Waals surface area contributed by atoms with Crippen molar-refractivity contribution in [3.8, 4) is 5.75 Å². The lowest BCUT2D eigenvalue weighted by Gasteiger charge is -2.15. The lowest BCUT2D eigenvalue weighted by atomic mass is 10.0. The van der Waals surface area contributed by atoms with Gasteiger partial charge in [0.05, 0.1) is 6.61 Å². The Labute approximate surface area is 114 Å². The molecule has 0 saturated carbocycles. The molecule has 19 heavy (non-hydrogen) atoms. The Balaban J connectivity index is 1.75. The molecule has 3 rings (SSSR count). The summed E-state index contributed by atoms with van der Waals surface area (Å²) in [5.41, 5.74) is 5.17. The second-order valence-electron chi connectivity index (χ2n) is 5.19. The van der Waals surface area contributed by atoms with Gasteiger partial charge in [0, 0.05) is 23.7 Å². The van der Waals surface area contributed by atoms with Crippen LogP contribution in [0.5, 0.6) is 5.75 Å². The van der Waals surface area contributed by atoms with Crippen molar-refractivity contribution in [3.05, 3.63) is 59.2 Å². The highest BCUT2D eigenvalue weighted by Gasteiger charge is 2.23. The summed E-state index contributed by atoms with van der Waals surface area (Å²) in [6.07, 6.45) is 0. The Morgan fingerprint density at radius 3 is 2.58 bits per heavy atom. The van der Waals surface area contributed by atoms with E-state index < -0.39 is 0 Å². The zero-order chi connectivity index (χ0) is 13.2. The highest BCUT2D eigenvalue weighted by molar-refractivity contribution is 5.57. The summed E-state index contributed by atoms with van der Waals surface area (Å²) in [5.74, 6) is 1.48. The van der Waals surface area contributed by atoms with Crippen molar-refractivity contribution < 1.29 is 4.74 Å². The normalized spacial score (nSPS) is 16.8. The molecule has 0 amide bonds. The third-order valence-electron chi connectivity index (χ3n) is 3.81. The Morgan fingerprint density at radius 1 is 1.05 bits per heavy atom. The van der Waals surface area contributed by atoms with E-state index in [-0.39, 0.29) is 0 Å². The van der Waals surface area contributed by atoms with Gasteiger partial charge in [0.1, 0.15) is 5.75 Å². The molecule has 0 fully saturated rings. The summed E-state index contributed by atoms with van der Waals surface area (Å²) < 4.78 is 5.72. The maximum atomic E-state index is 5.72. The molecular formula is C17H19NO. The zero-order valence-electron chi connectivity index (χ0n) is 11.4. The number of fused-ring (bicyclic) bond motifs is 1. The summed E-state index contributed by atoms with van der Waals surface area (Å²) in [6.45, 7) is 5.99. The first-order valence-corrected chi connectivity index (χ1v) is 6.77. The van der Waals surface area contributed by atoms with Crippen LogP contribution in [-0.2, 0) is 0 Å². The van der Waals surface area contributed by atoms with Crippen LogP contribution in [0.2, 0.25) is 0 Å². The van der Waals surface area contributed by atoms with Gasteiger partial charge in [0.25, 0.3) is 0 Å². The molecule has 2 aromatic rings. The van der Waals surface area contributed by atoms with Crippen molar-refractivity contribution in [2.24, 2.45) is 0 Å². The molecule has 0 bridgehead atoms. The quantitative estimate of drug-likeness (QED) is 0.896. The van der Waals surface area contributed by atoms with E-state index in [4.69, 9.17) is 4.74 Å². The lowest BCUT2D eigenvalue weighted by molar-refractivity contribution is 0.334. The number of rotatable bonds is 3. The smallest absolute Gasteiger partial charge is 0.122 e. The predicted octanol–water partition coefficient (Wildman–Crippen LogP) is 3.89. The van der Waals surface area contributed by atoms with E-state index in [1.807, 2.05) is 12.1 Å². The van der Waals surface area contributed by atoms with E-state index in [2.05, 4.69) is 49.5 Å². The van der Waals surface area contributed by atoms with Crippen molar-refractivity contribution >= 4 is 5.69 Å². The van der Waals surface area contributed by atoms with Crippen molar-refractivity contribution in [2.75, 3.05) is 18.5 Å².